The summed E-state index contributed by atoms with van der Waals surface area (Å²) in [6, 6.07) is 0. The lowest BCUT2D eigenvalue weighted by Gasteiger charge is -2.05. The van der Waals surface area contributed by atoms with E-state index in [0.717, 1.165) is 10.2 Å². The second kappa shape index (κ2) is 3.87. The lowest BCUT2D eigenvalue weighted by Crippen LogP contribution is -1.96. The monoisotopic (exact) mass is 230 g/mol. The van der Waals surface area contributed by atoms with Gasteiger partial charge in [0, 0.05) is 12.6 Å². The third-order valence-corrected chi connectivity index (χ3v) is 2.61. The smallest absolute Gasteiger partial charge is 0.109 e. The summed E-state index contributed by atoms with van der Waals surface area (Å²) in [7, 11) is 1.81. The molecule has 0 saturated carbocycles. The Labute approximate surface area is 79.8 Å². The van der Waals surface area contributed by atoms with Crippen LogP contribution in [0.4, 0.5) is 0 Å². The molecule has 1 aromatic heterocycles. The van der Waals surface area contributed by atoms with Crippen LogP contribution in [0.2, 0.25) is 0 Å². The van der Waals surface area contributed by atoms with Crippen LogP contribution in [0.3, 0.4) is 0 Å². The molecule has 4 heteroatoms. The van der Waals surface area contributed by atoms with Gasteiger partial charge in [0.1, 0.15) is 4.60 Å². The second-order valence-corrected chi connectivity index (χ2v) is 3.31. The van der Waals surface area contributed by atoms with Crippen LogP contribution in [0, 0.1) is 0 Å². The van der Waals surface area contributed by atoms with Crippen LogP contribution in [0.25, 0.3) is 0 Å². The standard InChI is InChI=1S/C8H11BrN2O/c1-3-4-7(12)6-5-10-11(2)8(6)9/h3,5,7,12H,1,4H2,2H3. The van der Waals surface area contributed by atoms with Crippen molar-refractivity contribution in [3.05, 3.63) is 29.0 Å². The lowest BCUT2D eigenvalue weighted by molar-refractivity contribution is 0.180. The van der Waals surface area contributed by atoms with Crippen molar-refractivity contribution in [3.63, 3.8) is 0 Å². The van der Waals surface area contributed by atoms with Crippen LogP contribution in [0.5, 0.6) is 0 Å². The van der Waals surface area contributed by atoms with Crippen LogP contribution in [-0.2, 0) is 7.05 Å². The normalized spacial score (nSPS) is 12.9. The molecule has 1 heterocycles. The van der Waals surface area contributed by atoms with Crippen molar-refractivity contribution >= 4 is 15.9 Å². The predicted octanol–water partition coefficient (Wildman–Crippen LogP) is 1.79. The molecule has 3 nitrogen and oxygen atoms in total. The Kier molecular flexibility index (Phi) is 3.05. The summed E-state index contributed by atoms with van der Waals surface area (Å²) in [5.41, 5.74) is 0.803. The SMILES string of the molecule is C=CCC(O)c1cnn(C)c1Br. The molecule has 66 valence electrons. The second-order valence-electron chi connectivity index (χ2n) is 2.55. The molecule has 0 bridgehead atoms. The van der Waals surface area contributed by atoms with Crippen molar-refractivity contribution in [1.82, 2.24) is 9.78 Å². The molecular formula is C8H11BrN2O. The Morgan fingerprint density at radius 1 is 1.92 bits per heavy atom. The third-order valence-electron chi connectivity index (χ3n) is 1.64. The van der Waals surface area contributed by atoms with Crippen LogP contribution in [-0.4, -0.2) is 14.9 Å². The van der Waals surface area contributed by atoms with Crippen molar-refractivity contribution in [2.45, 2.75) is 12.5 Å². The molecular weight excluding hydrogens is 220 g/mol. The van der Waals surface area contributed by atoms with Gasteiger partial charge in [0.2, 0.25) is 0 Å². The summed E-state index contributed by atoms with van der Waals surface area (Å²) in [4.78, 5) is 0. The Morgan fingerprint density at radius 3 is 3.00 bits per heavy atom. The number of nitrogens with zero attached hydrogens (tertiary/aromatic N) is 2. The zero-order valence-corrected chi connectivity index (χ0v) is 8.45. The zero-order chi connectivity index (χ0) is 9.14. The fourth-order valence-electron chi connectivity index (χ4n) is 0.948. The molecule has 0 fully saturated rings. The van der Waals surface area contributed by atoms with Crippen molar-refractivity contribution in [3.8, 4) is 0 Å². The van der Waals surface area contributed by atoms with Crippen molar-refractivity contribution in [2.24, 2.45) is 7.05 Å². The van der Waals surface area contributed by atoms with Gasteiger partial charge in [-0.15, -0.1) is 6.58 Å². The molecule has 0 radical (unpaired) electrons. The van der Waals surface area contributed by atoms with E-state index in [1.54, 1.807) is 17.0 Å². The molecule has 0 aliphatic heterocycles. The highest BCUT2D eigenvalue weighted by Gasteiger charge is 2.12. The summed E-state index contributed by atoms with van der Waals surface area (Å²) < 4.78 is 2.48. The van der Waals surface area contributed by atoms with Crippen molar-refractivity contribution in [2.75, 3.05) is 0 Å². The quantitative estimate of drug-likeness (QED) is 0.805. The Balaban J connectivity index is 2.87. The molecule has 0 aliphatic carbocycles. The van der Waals surface area contributed by atoms with Gasteiger partial charge in [0.15, 0.2) is 0 Å². The van der Waals surface area contributed by atoms with E-state index in [2.05, 4.69) is 27.6 Å². The Bertz CT molecular complexity index is 283. The number of halogens is 1. The van der Waals surface area contributed by atoms with Gasteiger partial charge in [-0.1, -0.05) is 6.08 Å². The number of aromatic nitrogens is 2. The van der Waals surface area contributed by atoms with E-state index in [1.807, 2.05) is 7.05 Å². The molecule has 1 unspecified atom stereocenters. The number of aliphatic hydroxyl groups is 1. The van der Waals surface area contributed by atoms with Crippen LogP contribution in [0.15, 0.2) is 23.5 Å². The molecule has 0 aliphatic rings. The van der Waals surface area contributed by atoms with Gasteiger partial charge in [0.25, 0.3) is 0 Å². The van der Waals surface area contributed by atoms with Gasteiger partial charge in [-0.05, 0) is 22.4 Å². The maximum absolute atomic E-state index is 9.56. The summed E-state index contributed by atoms with van der Waals surface area (Å²) in [5, 5.41) is 13.6. The minimum Gasteiger partial charge on any atom is -0.388 e. The van der Waals surface area contributed by atoms with Gasteiger partial charge in [0.05, 0.1) is 12.3 Å². The third kappa shape index (κ3) is 1.76. The molecule has 0 aromatic carbocycles. The molecule has 1 rings (SSSR count). The van der Waals surface area contributed by atoms with Gasteiger partial charge < -0.3 is 5.11 Å². The first-order valence-corrected chi connectivity index (χ1v) is 4.42. The summed E-state index contributed by atoms with van der Waals surface area (Å²) in [5.74, 6) is 0. The van der Waals surface area contributed by atoms with Gasteiger partial charge in [-0.2, -0.15) is 5.10 Å². The van der Waals surface area contributed by atoms with E-state index < -0.39 is 6.10 Å². The topological polar surface area (TPSA) is 38.1 Å². The van der Waals surface area contributed by atoms with E-state index in [4.69, 9.17) is 0 Å². The highest BCUT2D eigenvalue weighted by atomic mass is 79.9. The molecule has 1 atom stereocenters. The average molecular weight is 231 g/mol. The van der Waals surface area contributed by atoms with E-state index >= 15 is 0 Å². The fraction of sp³-hybridized carbons (Fsp3) is 0.375. The van der Waals surface area contributed by atoms with Crippen LogP contribution < -0.4 is 0 Å². The van der Waals surface area contributed by atoms with Crippen molar-refractivity contribution < 1.29 is 5.11 Å². The highest BCUT2D eigenvalue weighted by molar-refractivity contribution is 9.10. The molecule has 0 saturated heterocycles. The molecule has 1 aromatic rings. The molecule has 1 N–H and O–H groups in total. The number of aryl methyl sites for hydroxylation is 1. The maximum atomic E-state index is 9.56. The van der Waals surface area contributed by atoms with E-state index in [-0.39, 0.29) is 0 Å². The predicted molar refractivity (Wildman–Crippen MR) is 50.7 cm³/mol. The lowest BCUT2D eigenvalue weighted by atomic mass is 10.1. The first kappa shape index (κ1) is 9.48. The van der Waals surface area contributed by atoms with Crippen LogP contribution >= 0.6 is 15.9 Å². The average Bonchev–Trinajstić information content (AvgIpc) is 2.34. The zero-order valence-electron chi connectivity index (χ0n) is 6.87. The summed E-state index contributed by atoms with van der Waals surface area (Å²) in [6.07, 6.45) is 3.37. The van der Waals surface area contributed by atoms with Gasteiger partial charge in [-0.3, -0.25) is 4.68 Å². The van der Waals surface area contributed by atoms with E-state index in [0.29, 0.717) is 6.42 Å². The van der Waals surface area contributed by atoms with Gasteiger partial charge in [-0.25, -0.2) is 0 Å². The minimum absolute atomic E-state index is 0.509. The van der Waals surface area contributed by atoms with Crippen molar-refractivity contribution in [1.29, 1.82) is 0 Å². The summed E-state index contributed by atoms with van der Waals surface area (Å²) in [6.45, 7) is 3.56. The van der Waals surface area contributed by atoms with Crippen LogP contribution in [0.1, 0.15) is 18.1 Å². The number of hydrogen-bond donors (Lipinski definition) is 1. The molecule has 12 heavy (non-hydrogen) atoms. The van der Waals surface area contributed by atoms with E-state index in [1.165, 1.54) is 0 Å². The molecule has 0 amide bonds. The number of aliphatic hydroxyl groups excluding tert-OH is 1. The maximum Gasteiger partial charge on any atom is 0.109 e. The Hall–Kier alpha value is -0.610. The molecule has 0 spiro atoms. The highest BCUT2D eigenvalue weighted by Crippen LogP contribution is 2.24. The number of hydrogen-bond acceptors (Lipinski definition) is 2. The Morgan fingerprint density at radius 2 is 2.58 bits per heavy atom. The largest absolute Gasteiger partial charge is 0.388 e. The summed E-state index contributed by atoms with van der Waals surface area (Å²) >= 11 is 3.33. The number of rotatable bonds is 3. The first-order valence-electron chi connectivity index (χ1n) is 3.63. The van der Waals surface area contributed by atoms with Gasteiger partial charge >= 0.3 is 0 Å². The van der Waals surface area contributed by atoms with E-state index in [9.17, 15) is 5.11 Å². The minimum atomic E-state index is -0.509. The first-order chi connectivity index (χ1) is 5.66. The fourth-order valence-corrected chi connectivity index (χ4v) is 1.41.